The summed E-state index contributed by atoms with van der Waals surface area (Å²) in [7, 11) is 1.68. The number of aliphatic imine (C=N–C) groups is 1. The Balaban J connectivity index is 0.00000300. The fourth-order valence-corrected chi connectivity index (χ4v) is 2.98. The van der Waals surface area contributed by atoms with Crippen LogP contribution in [0.2, 0.25) is 0 Å². The molecule has 1 aromatic heterocycles. The summed E-state index contributed by atoms with van der Waals surface area (Å²) in [6.45, 7) is 5.08. The van der Waals surface area contributed by atoms with Crippen LogP contribution in [0.3, 0.4) is 0 Å². The monoisotopic (exact) mass is 514 g/mol. The normalized spacial score (nSPS) is 16.2. The van der Waals surface area contributed by atoms with Gasteiger partial charge in [-0.3, -0.25) is 9.98 Å². The molecule has 2 N–H and O–H groups in total. The van der Waals surface area contributed by atoms with Crippen molar-refractivity contribution >= 4 is 29.9 Å². The zero-order valence-corrected chi connectivity index (χ0v) is 19.1. The predicted molar refractivity (Wildman–Crippen MR) is 122 cm³/mol. The van der Waals surface area contributed by atoms with E-state index in [2.05, 4.69) is 32.7 Å². The summed E-state index contributed by atoms with van der Waals surface area (Å²) in [6, 6.07) is 9.12. The largest absolute Gasteiger partial charge is 0.493 e. The number of benzene rings is 1. The molecule has 158 valence electrons. The maximum atomic E-state index is 13.7. The molecule has 0 saturated carbocycles. The molecule has 0 bridgehead atoms. The van der Waals surface area contributed by atoms with Crippen molar-refractivity contribution in [2.75, 3.05) is 26.9 Å². The van der Waals surface area contributed by atoms with Crippen molar-refractivity contribution in [3.8, 4) is 5.75 Å². The Morgan fingerprint density at radius 3 is 2.86 bits per heavy atom. The van der Waals surface area contributed by atoms with Crippen molar-refractivity contribution in [1.29, 1.82) is 0 Å². The van der Waals surface area contributed by atoms with Crippen molar-refractivity contribution in [3.63, 3.8) is 0 Å². The van der Waals surface area contributed by atoms with Gasteiger partial charge in [0.2, 0.25) is 0 Å². The summed E-state index contributed by atoms with van der Waals surface area (Å²) in [5.41, 5.74) is 2.54. The van der Waals surface area contributed by atoms with Crippen LogP contribution in [0.25, 0.3) is 0 Å². The summed E-state index contributed by atoms with van der Waals surface area (Å²) in [5.74, 6) is 1.55. The van der Waals surface area contributed by atoms with Crippen LogP contribution in [0.1, 0.15) is 23.2 Å². The number of ether oxygens (including phenoxy) is 2. The lowest BCUT2D eigenvalue weighted by Crippen LogP contribution is -2.36. The average Bonchev–Trinajstić information content (AvgIpc) is 3.22. The van der Waals surface area contributed by atoms with Gasteiger partial charge in [-0.2, -0.15) is 0 Å². The minimum Gasteiger partial charge on any atom is -0.493 e. The number of nitrogens with one attached hydrogen (secondary N) is 2. The first-order valence-corrected chi connectivity index (χ1v) is 9.49. The average molecular weight is 514 g/mol. The number of hydrogen-bond donors (Lipinski definition) is 2. The number of nitrogens with zero attached hydrogens (tertiary/aromatic N) is 2. The van der Waals surface area contributed by atoms with E-state index in [1.807, 2.05) is 13.0 Å². The second-order valence-electron chi connectivity index (χ2n) is 6.86. The minimum atomic E-state index is -0.337. The van der Waals surface area contributed by atoms with Gasteiger partial charge in [0.25, 0.3) is 0 Å². The zero-order chi connectivity index (χ0) is 19.8. The van der Waals surface area contributed by atoms with Crippen molar-refractivity contribution in [1.82, 2.24) is 15.6 Å². The zero-order valence-electron chi connectivity index (χ0n) is 16.8. The molecule has 1 unspecified atom stereocenters. The maximum absolute atomic E-state index is 13.7. The quantitative estimate of drug-likeness (QED) is 0.337. The summed E-state index contributed by atoms with van der Waals surface area (Å²) in [6.07, 6.45) is 2.61. The van der Waals surface area contributed by atoms with Crippen molar-refractivity contribution in [2.24, 2.45) is 10.9 Å². The van der Waals surface area contributed by atoms with Gasteiger partial charge in [-0.05, 0) is 37.1 Å². The molecule has 0 amide bonds. The van der Waals surface area contributed by atoms with Crippen LogP contribution < -0.4 is 15.4 Å². The molecular weight excluding hydrogens is 486 g/mol. The Morgan fingerprint density at radius 2 is 2.14 bits per heavy atom. The first kappa shape index (κ1) is 23.3. The maximum Gasteiger partial charge on any atom is 0.191 e. The third kappa shape index (κ3) is 7.11. The molecule has 0 spiro atoms. The number of halogens is 2. The Morgan fingerprint density at radius 1 is 1.31 bits per heavy atom. The van der Waals surface area contributed by atoms with Gasteiger partial charge in [0.05, 0.1) is 25.5 Å². The van der Waals surface area contributed by atoms with Crippen molar-refractivity contribution < 1.29 is 13.9 Å². The fraction of sp³-hybridized carbons (Fsp3) is 0.429. The summed E-state index contributed by atoms with van der Waals surface area (Å²) in [4.78, 5) is 8.23. The molecule has 1 aromatic carbocycles. The number of aryl methyl sites for hydroxylation is 1. The summed E-state index contributed by atoms with van der Waals surface area (Å²) >= 11 is 0. The third-order valence-corrected chi connectivity index (χ3v) is 4.65. The smallest absolute Gasteiger partial charge is 0.191 e. The Hall–Kier alpha value is -1.94. The van der Waals surface area contributed by atoms with E-state index < -0.39 is 0 Å². The lowest BCUT2D eigenvalue weighted by Gasteiger charge is -2.17. The second-order valence-corrected chi connectivity index (χ2v) is 6.86. The molecule has 2 aromatic rings. The molecule has 8 heteroatoms. The lowest BCUT2D eigenvalue weighted by molar-refractivity contribution is 0.166. The van der Waals surface area contributed by atoms with Gasteiger partial charge >= 0.3 is 0 Å². The van der Waals surface area contributed by atoms with Gasteiger partial charge in [0.15, 0.2) is 5.96 Å². The van der Waals surface area contributed by atoms with Crippen LogP contribution in [0.4, 0.5) is 4.39 Å². The second kappa shape index (κ2) is 11.9. The molecule has 1 fully saturated rings. The van der Waals surface area contributed by atoms with Gasteiger partial charge in [-0.1, -0.05) is 12.1 Å². The molecule has 0 aliphatic carbocycles. The standard InChI is InChI=1S/C21H27FN4O2.HI/c1-15-5-6-17(20(10-15)28-14-16-7-9-27-13-16)11-25-21(23-2)26-12-19-18(22)4-3-8-24-19;/h3-6,8,10,16H,7,9,11-14H2,1-2H3,(H2,23,25,26);1H. The van der Waals surface area contributed by atoms with Crippen LogP contribution in [-0.2, 0) is 17.8 Å². The molecule has 29 heavy (non-hydrogen) atoms. The molecule has 6 nitrogen and oxygen atoms in total. The van der Waals surface area contributed by atoms with E-state index >= 15 is 0 Å². The first-order valence-electron chi connectivity index (χ1n) is 9.49. The van der Waals surface area contributed by atoms with Gasteiger partial charge < -0.3 is 20.1 Å². The molecule has 2 heterocycles. The van der Waals surface area contributed by atoms with Crippen LogP contribution in [0.5, 0.6) is 5.75 Å². The number of hydrogen-bond acceptors (Lipinski definition) is 4. The molecule has 1 aliphatic rings. The lowest BCUT2D eigenvalue weighted by atomic mass is 10.1. The van der Waals surface area contributed by atoms with E-state index in [-0.39, 0.29) is 36.3 Å². The highest BCUT2D eigenvalue weighted by Crippen LogP contribution is 2.22. The highest BCUT2D eigenvalue weighted by Gasteiger charge is 2.17. The SMILES string of the molecule is CN=C(NCc1ccc(C)cc1OCC1CCOC1)NCc1ncccc1F.I. The topological polar surface area (TPSA) is 67.8 Å². The molecule has 1 saturated heterocycles. The number of guanidine groups is 1. The van der Waals surface area contributed by atoms with Gasteiger partial charge in [0, 0.05) is 37.9 Å². The Bertz CT molecular complexity index is 813. The van der Waals surface area contributed by atoms with Crippen LogP contribution >= 0.6 is 24.0 Å². The van der Waals surface area contributed by atoms with Crippen LogP contribution in [0.15, 0.2) is 41.5 Å². The fourth-order valence-electron chi connectivity index (χ4n) is 2.98. The first-order chi connectivity index (χ1) is 13.7. The van der Waals surface area contributed by atoms with E-state index in [9.17, 15) is 4.39 Å². The van der Waals surface area contributed by atoms with Crippen molar-refractivity contribution in [2.45, 2.75) is 26.4 Å². The number of rotatable bonds is 7. The van der Waals surface area contributed by atoms with Gasteiger partial charge in [-0.15, -0.1) is 24.0 Å². The van der Waals surface area contributed by atoms with Crippen molar-refractivity contribution in [3.05, 3.63) is 59.2 Å². The number of aromatic nitrogens is 1. The highest BCUT2D eigenvalue weighted by molar-refractivity contribution is 14.0. The minimum absolute atomic E-state index is 0. The Labute approximate surface area is 188 Å². The molecule has 1 aliphatic heterocycles. The van der Waals surface area contributed by atoms with Gasteiger partial charge in [-0.25, -0.2) is 4.39 Å². The van der Waals surface area contributed by atoms with Crippen LogP contribution in [0, 0.1) is 18.7 Å². The third-order valence-electron chi connectivity index (χ3n) is 4.65. The van der Waals surface area contributed by atoms with E-state index in [4.69, 9.17) is 9.47 Å². The molecule has 1 atom stereocenters. The van der Waals surface area contributed by atoms with E-state index in [0.717, 1.165) is 36.5 Å². The summed E-state index contributed by atoms with van der Waals surface area (Å²) in [5, 5.41) is 6.33. The Kier molecular flexibility index (Phi) is 9.59. The van der Waals surface area contributed by atoms with E-state index in [1.165, 1.54) is 6.07 Å². The number of pyridine rings is 1. The predicted octanol–water partition coefficient (Wildman–Crippen LogP) is 3.43. The molecule has 0 radical (unpaired) electrons. The van der Waals surface area contributed by atoms with Gasteiger partial charge in [0.1, 0.15) is 11.6 Å². The molecule has 3 rings (SSSR count). The van der Waals surface area contributed by atoms with E-state index in [1.54, 1.807) is 19.3 Å². The van der Waals surface area contributed by atoms with E-state index in [0.29, 0.717) is 30.7 Å². The highest BCUT2D eigenvalue weighted by atomic mass is 127. The molecular formula is C21H28FIN4O2. The van der Waals surface area contributed by atoms with Crippen LogP contribution in [-0.4, -0.2) is 37.8 Å². The summed E-state index contributed by atoms with van der Waals surface area (Å²) < 4.78 is 25.2.